The molecule has 0 aliphatic heterocycles. The van der Waals surface area contributed by atoms with Crippen molar-refractivity contribution in [1.29, 1.82) is 0 Å². The van der Waals surface area contributed by atoms with Gasteiger partial charge in [0, 0.05) is 0 Å². The first-order valence-electron chi connectivity index (χ1n) is 4.41. The van der Waals surface area contributed by atoms with E-state index in [1.807, 2.05) is 18.2 Å². The van der Waals surface area contributed by atoms with Crippen LogP contribution in [-0.4, -0.2) is 4.98 Å². The van der Waals surface area contributed by atoms with Crippen molar-refractivity contribution in [2.45, 2.75) is 19.8 Å². The molecule has 1 heterocycles. The van der Waals surface area contributed by atoms with Gasteiger partial charge in [-0.1, -0.05) is 19.4 Å². The van der Waals surface area contributed by atoms with Gasteiger partial charge in [0.15, 0.2) is 5.58 Å². The molecule has 1 N–H and O–H groups in total. The average molecular weight is 177 g/mol. The number of rotatable bonds is 2. The third kappa shape index (κ3) is 1.49. The lowest BCUT2D eigenvalue weighted by atomic mass is 10.1. The highest BCUT2D eigenvalue weighted by Gasteiger charge is 2.00. The Morgan fingerprint density at radius 3 is 3.08 bits per heavy atom. The van der Waals surface area contributed by atoms with Crippen molar-refractivity contribution in [2.75, 3.05) is 0 Å². The minimum absolute atomic E-state index is 0.386. The van der Waals surface area contributed by atoms with Crippen LogP contribution < -0.4 is 5.76 Å². The Morgan fingerprint density at radius 1 is 1.46 bits per heavy atom. The van der Waals surface area contributed by atoms with E-state index in [1.54, 1.807) is 0 Å². The molecule has 2 aromatic rings. The zero-order chi connectivity index (χ0) is 9.26. The molecule has 13 heavy (non-hydrogen) atoms. The second-order valence-electron chi connectivity index (χ2n) is 3.10. The third-order valence-electron chi connectivity index (χ3n) is 2.02. The number of aromatic nitrogens is 1. The lowest BCUT2D eigenvalue weighted by molar-refractivity contribution is 0.555. The Kier molecular flexibility index (Phi) is 1.93. The number of oxazole rings is 1. The maximum atomic E-state index is 10.8. The number of hydrogen-bond acceptors (Lipinski definition) is 2. The largest absolute Gasteiger partial charge is 0.417 e. The molecule has 0 amide bonds. The summed E-state index contributed by atoms with van der Waals surface area (Å²) in [5.74, 6) is -0.386. The van der Waals surface area contributed by atoms with Crippen LogP contribution in [0.3, 0.4) is 0 Å². The van der Waals surface area contributed by atoms with Gasteiger partial charge in [-0.05, 0) is 24.1 Å². The predicted octanol–water partition coefficient (Wildman–Crippen LogP) is 2.07. The minimum atomic E-state index is -0.386. The zero-order valence-corrected chi connectivity index (χ0v) is 7.46. The van der Waals surface area contributed by atoms with Gasteiger partial charge < -0.3 is 4.42 Å². The number of aryl methyl sites for hydroxylation is 1. The third-order valence-corrected chi connectivity index (χ3v) is 2.02. The standard InChI is InChI=1S/C10H11NO2/c1-2-3-7-4-5-9-8(6-7)11-10(12)13-9/h4-6H,2-3H2,1H3,(H,11,12). The summed E-state index contributed by atoms with van der Waals surface area (Å²) in [4.78, 5) is 13.5. The SMILES string of the molecule is CCCc1ccc2oc(=O)[nH]c2c1. The highest BCUT2D eigenvalue weighted by atomic mass is 16.4. The Morgan fingerprint density at radius 2 is 2.31 bits per heavy atom. The van der Waals surface area contributed by atoms with E-state index in [0.29, 0.717) is 5.58 Å². The Hall–Kier alpha value is -1.51. The summed E-state index contributed by atoms with van der Waals surface area (Å²) < 4.78 is 4.89. The van der Waals surface area contributed by atoms with Crippen LogP contribution in [0.1, 0.15) is 18.9 Å². The van der Waals surface area contributed by atoms with Crippen LogP contribution in [0, 0.1) is 0 Å². The van der Waals surface area contributed by atoms with Gasteiger partial charge in [0.25, 0.3) is 0 Å². The molecule has 0 radical (unpaired) electrons. The molecule has 0 bridgehead atoms. The van der Waals surface area contributed by atoms with Crippen LogP contribution in [0.25, 0.3) is 11.1 Å². The van der Waals surface area contributed by atoms with Crippen molar-refractivity contribution in [3.05, 3.63) is 34.3 Å². The van der Waals surface area contributed by atoms with Gasteiger partial charge in [0.05, 0.1) is 5.52 Å². The molecule has 0 atom stereocenters. The molecule has 3 heteroatoms. The normalized spacial score (nSPS) is 10.8. The van der Waals surface area contributed by atoms with Crippen LogP contribution in [0.5, 0.6) is 0 Å². The number of fused-ring (bicyclic) bond motifs is 1. The van der Waals surface area contributed by atoms with E-state index in [2.05, 4.69) is 11.9 Å². The summed E-state index contributed by atoms with van der Waals surface area (Å²) in [7, 11) is 0. The van der Waals surface area contributed by atoms with Gasteiger partial charge >= 0.3 is 5.76 Å². The van der Waals surface area contributed by atoms with E-state index < -0.39 is 0 Å². The number of H-pyrrole nitrogens is 1. The molecular weight excluding hydrogens is 166 g/mol. The summed E-state index contributed by atoms with van der Waals surface area (Å²) in [5.41, 5.74) is 2.65. The maximum Gasteiger partial charge on any atom is 0.417 e. The lowest BCUT2D eigenvalue weighted by Gasteiger charge is -1.96. The molecule has 3 nitrogen and oxygen atoms in total. The topological polar surface area (TPSA) is 46.0 Å². The summed E-state index contributed by atoms with van der Waals surface area (Å²) in [6.45, 7) is 2.13. The van der Waals surface area contributed by atoms with Gasteiger partial charge in [-0.15, -0.1) is 0 Å². The molecule has 0 saturated heterocycles. The molecule has 0 saturated carbocycles. The van der Waals surface area contributed by atoms with Crippen molar-refractivity contribution in [3.63, 3.8) is 0 Å². The molecular formula is C10H11NO2. The maximum absolute atomic E-state index is 10.8. The molecule has 0 unspecified atom stereocenters. The van der Waals surface area contributed by atoms with Crippen LogP contribution in [-0.2, 0) is 6.42 Å². The number of aromatic amines is 1. The number of hydrogen-bond donors (Lipinski definition) is 1. The Labute approximate surface area is 75.4 Å². The molecule has 2 rings (SSSR count). The van der Waals surface area contributed by atoms with Crippen LogP contribution >= 0.6 is 0 Å². The predicted molar refractivity (Wildman–Crippen MR) is 50.8 cm³/mol. The Bertz CT molecular complexity index is 467. The average Bonchev–Trinajstić information content (AvgIpc) is 2.44. The van der Waals surface area contributed by atoms with Crippen molar-refractivity contribution in [1.82, 2.24) is 4.98 Å². The van der Waals surface area contributed by atoms with Gasteiger partial charge in [0.1, 0.15) is 0 Å². The molecule has 68 valence electrons. The monoisotopic (exact) mass is 177 g/mol. The van der Waals surface area contributed by atoms with Gasteiger partial charge in [-0.3, -0.25) is 4.98 Å². The van der Waals surface area contributed by atoms with Crippen molar-refractivity contribution in [3.8, 4) is 0 Å². The van der Waals surface area contributed by atoms with Gasteiger partial charge in [-0.25, -0.2) is 4.79 Å². The number of nitrogens with one attached hydrogen (secondary N) is 1. The quantitative estimate of drug-likeness (QED) is 0.763. The highest BCUT2D eigenvalue weighted by Crippen LogP contribution is 2.13. The molecule has 0 aliphatic carbocycles. The molecule has 1 aromatic carbocycles. The van der Waals surface area contributed by atoms with E-state index in [1.165, 1.54) is 5.56 Å². The van der Waals surface area contributed by atoms with E-state index in [4.69, 9.17) is 4.42 Å². The molecule has 1 aromatic heterocycles. The fourth-order valence-electron chi connectivity index (χ4n) is 1.44. The zero-order valence-electron chi connectivity index (χ0n) is 7.46. The van der Waals surface area contributed by atoms with Crippen molar-refractivity contribution in [2.24, 2.45) is 0 Å². The summed E-state index contributed by atoms with van der Waals surface area (Å²) in [6.07, 6.45) is 2.14. The summed E-state index contributed by atoms with van der Waals surface area (Å²) >= 11 is 0. The highest BCUT2D eigenvalue weighted by molar-refractivity contribution is 5.72. The first-order valence-corrected chi connectivity index (χ1v) is 4.41. The fraction of sp³-hybridized carbons (Fsp3) is 0.300. The van der Waals surface area contributed by atoms with Crippen LogP contribution in [0.2, 0.25) is 0 Å². The van der Waals surface area contributed by atoms with Gasteiger partial charge in [-0.2, -0.15) is 0 Å². The van der Waals surface area contributed by atoms with E-state index in [0.717, 1.165) is 18.4 Å². The van der Waals surface area contributed by atoms with E-state index in [9.17, 15) is 4.79 Å². The van der Waals surface area contributed by atoms with Gasteiger partial charge in [0.2, 0.25) is 0 Å². The first kappa shape index (κ1) is 8.10. The molecule has 0 aliphatic rings. The van der Waals surface area contributed by atoms with Crippen LogP contribution in [0.15, 0.2) is 27.4 Å². The van der Waals surface area contributed by atoms with Crippen LogP contribution in [0.4, 0.5) is 0 Å². The Balaban J connectivity index is 2.54. The van der Waals surface area contributed by atoms with Crippen molar-refractivity contribution < 1.29 is 4.42 Å². The second kappa shape index (κ2) is 3.09. The van der Waals surface area contributed by atoms with E-state index in [-0.39, 0.29) is 5.76 Å². The van der Waals surface area contributed by atoms with Crippen molar-refractivity contribution >= 4 is 11.1 Å². The first-order chi connectivity index (χ1) is 6.29. The number of benzene rings is 1. The second-order valence-corrected chi connectivity index (χ2v) is 3.10. The lowest BCUT2D eigenvalue weighted by Crippen LogP contribution is -1.93. The minimum Gasteiger partial charge on any atom is -0.408 e. The smallest absolute Gasteiger partial charge is 0.408 e. The summed E-state index contributed by atoms with van der Waals surface area (Å²) in [6, 6.07) is 5.78. The van der Waals surface area contributed by atoms with E-state index >= 15 is 0 Å². The fourth-order valence-corrected chi connectivity index (χ4v) is 1.44. The molecule has 0 spiro atoms. The molecule has 0 fully saturated rings. The summed E-state index contributed by atoms with van der Waals surface area (Å²) in [5, 5.41) is 0.